The quantitative estimate of drug-likeness (QED) is 0.689. The van der Waals surface area contributed by atoms with E-state index in [1.165, 1.54) is 24.2 Å². The molecule has 0 unspecified atom stereocenters. The van der Waals surface area contributed by atoms with Crippen molar-refractivity contribution in [3.63, 3.8) is 0 Å². The molecular weight excluding hydrogens is 334 g/mol. The lowest BCUT2D eigenvalue weighted by Gasteiger charge is -2.05. The summed E-state index contributed by atoms with van der Waals surface area (Å²) >= 11 is 1.48. The molecule has 1 N–H and O–H groups in total. The van der Waals surface area contributed by atoms with Crippen molar-refractivity contribution in [3.8, 4) is 0 Å². The lowest BCUT2D eigenvalue weighted by molar-refractivity contribution is 0.0956. The summed E-state index contributed by atoms with van der Waals surface area (Å²) in [5.74, 6) is 1.45. The Balaban J connectivity index is 1.47. The predicted octanol–water partition coefficient (Wildman–Crippen LogP) is 3.20. The molecule has 0 atom stereocenters. The van der Waals surface area contributed by atoms with Gasteiger partial charge in [-0.1, -0.05) is 0 Å². The number of thiophene rings is 1. The summed E-state index contributed by atoms with van der Waals surface area (Å²) in [4.78, 5) is 27.6. The summed E-state index contributed by atoms with van der Waals surface area (Å²) in [5, 5.41) is 4.06. The monoisotopic (exact) mass is 355 g/mol. The Hall–Kier alpha value is -2.28. The second kappa shape index (κ2) is 6.55. The van der Waals surface area contributed by atoms with Gasteiger partial charge in [-0.3, -0.25) is 4.79 Å². The molecule has 1 amide bonds. The van der Waals surface area contributed by atoms with E-state index in [-0.39, 0.29) is 5.91 Å². The van der Waals surface area contributed by atoms with E-state index < -0.39 is 0 Å². The van der Waals surface area contributed by atoms with Crippen LogP contribution in [0.25, 0.3) is 10.2 Å². The van der Waals surface area contributed by atoms with Gasteiger partial charge in [-0.15, -0.1) is 11.3 Å². The minimum Gasteiger partial charge on any atom is -0.351 e. The Kier molecular flexibility index (Phi) is 4.25. The second-order valence-corrected chi connectivity index (χ2v) is 7.59. The number of amides is 1. The summed E-state index contributed by atoms with van der Waals surface area (Å²) in [5.41, 5.74) is 1.98. The van der Waals surface area contributed by atoms with Gasteiger partial charge in [0.25, 0.3) is 5.91 Å². The van der Waals surface area contributed by atoms with E-state index in [0.29, 0.717) is 12.5 Å². The SMILES string of the molecule is Cc1nc(C2CC2)nc2sc(C(=O)NCCCn3ccnc3)c(C)c12. The van der Waals surface area contributed by atoms with Gasteiger partial charge in [0, 0.05) is 36.8 Å². The molecule has 0 saturated heterocycles. The minimum absolute atomic E-state index is 0.0153. The van der Waals surface area contributed by atoms with Crippen molar-refractivity contribution >= 4 is 27.5 Å². The number of hydrogen-bond donors (Lipinski definition) is 1. The number of carbonyl (C=O) groups excluding carboxylic acids is 1. The number of fused-ring (bicyclic) bond motifs is 1. The maximum absolute atomic E-state index is 12.6. The van der Waals surface area contributed by atoms with Crippen LogP contribution in [0, 0.1) is 13.8 Å². The zero-order valence-corrected chi connectivity index (χ0v) is 15.3. The fourth-order valence-corrected chi connectivity index (χ4v) is 4.22. The molecule has 130 valence electrons. The topological polar surface area (TPSA) is 72.7 Å². The Morgan fingerprint density at radius 3 is 2.92 bits per heavy atom. The molecule has 0 aliphatic heterocycles. The van der Waals surface area contributed by atoms with Crippen molar-refractivity contribution < 1.29 is 4.79 Å². The molecule has 1 aliphatic carbocycles. The number of aryl methyl sites for hydroxylation is 3. The molecule has 0 aromatic carbocycles. The highest BCUT2D eigenvalue weighted by Gasteiger charge is 2.28. The molecule has 3 heterocycles. The summed E-state index contributed by atoms with van der Waals surface area (Å²) < 4.78 is 2.01. The number of rotatable bonds is 6. The standard InChI is InChI=1S/C18H21N5OS/c1-11-14-12(2)21-16(13-4-5-13)22-18(14)25-15(11)17(24)20-6-3-8-23-9-7-19-10-23/h7,9-10,13H,3-6,8H2,1-2H3,(H,20,24). The Morgan fingerprint density at radius 2 is 2.20 bits per heavy atom. The molecule has 0 radical (unpaired) electrons. The summed E-state index contributed by atoms with van der Waals surface area (Å²) in [6, 6.07) is 0. The van der Waals surface area contributed by atoms with Crippen molar-refractivity contribution in [2.45, 2.75) is 45.6 Å². The number of aromatic nitrogens is 4. The van der Waals surface area contributed by atoms with Crippen LogP contribution in [0.15, 0.2) is 18.7 Å². The number of imidazole rings is 1. The number of nitrogens with zero attached hydrogens (tertiary/aromatic N) is 4. The van der Waals surface area contributed by atoms with Gasteiger partial charge in [-0.05, 0) is 38.7 Å². The first-order valence-corrected chi connectivity index (χ1v) is 9.46. The van der Waals surface area contributed by atoms with Crippen LogP contribution in [0.2, 0.25) is 0 Å². The molecule has 3 aromatic rings. The molecule has 4 rings (SSSR count). The summed E-state index contributed by atoms with van der Waals surface area (Å²) in [6.45, 7) is 5.50. The summed E-state index contributed by atoms with van der Waals surface area (Å²) in [7, 11) is 0. The smallest absolute Gasteiger partial charge is 0.261 e. The van der Waals surface area contributed by atoms with Gasteiger partial charge >= 0.3 is 0 Å². The van der Waals surface area contributed by atoms with Crippen molar-refractivity contribution in [1.29, 1.82) is 0 Å². The summed E-state index contributed by atoms with van der Waals surface area (Å²) in [6.07, 6.45) is 8.71. The highest BCUT2D eigenvalue weighted by atomic mass is 32.1. The van der Waals surface area contributed by atoms with Gasteiger partial charge in [0.1, 0.15) is 10.7 Å². The van der Waals surface area contributed by atoms with Crippen LogP contribution in [0.3, 0.4) is 0 Å². The van der Waals surface area contributed by atoms with Crippen molar-refractivity contribution in [2.75, 3.05) is 6.54 Å². The third kappa shape index (κ3) is 3.28. The van der Waals surface area contributed by atoms with Crippen LogP contribution >= 0.6 is 11.3 Å². The molecular formula is C18H21N5OS. The normalized spacial score (nSPS) is 14.2. The predicted molar refractivity (Wildman–Crippen MR) is 98.0 cm³/mol. The van der Waals surface area contributed by atoms with E-state index in [0.717, 1.165) is 45.1 Å². The molecule has 0 spiro atoms. The van der Waals surface area contributed by atoms with Crippen LogP contribution in [0.5, 0.6) is 0 Å². The van der Waals surface area contributed by atoms with Crippen molar-refractivity contribution in [3.05, 3.63) is 40.7 Å². The van der Waals surface area contributed by atoms with E-state index in [2.05, 4.69) is 15.3 Å². The zero-order valence-electron chi connectivity index (χ0n) is 14.5. The molecule has 3 aromatic heterocycles. The lowest BCUT2D eigenvalue weighted by atomic mass is 10.1. The zero-order chi connectivity index (χ0) is 17.4. The Morgan fingerprint density at radius 1 is 1.36 bits per heavy atom. The van der Waals surface area contributed by atoms with E-state index in [9.17, 15) is 4.79 Å². The highest BCUT2D eigenvalue weighted by molar-refractivity contribution is 7.20. The average molecular weight is 355 g/mol. The Bertz CT molecular complexity index is 911. The first-order chi connectivity index (χ1) is 12.1. The molecule has 0 bridgehead atoms. The second-order valence-electron chi connectivity index (χ2n) is 6.59. The number of hydrogen-bond acceptors (Lipinski definition) is 5. The fraction of sp³-hybridized carbons (Fsp3) is 0.444. The fourth-order valence-electron chi connectivity index (χ4n) is 3.06. The molecule has 1 fully saturated rings. The van der Waals surface area contributed by atoms with Gasteiger partial charge in [0.05, 0.1) is 16.9 Å². The third-order valence-electron chi connectivity index (χ3n) is 4.57. The van der Waals surface area contributed by atoms with Crippen LogP contribution in [-0.2, 0) is 6.54 Å². The van der Waals surface area contributed by atoms with Crippen LogP contribution < -0.4 is 5.32 Å². The van der Waals surface area contributed by atoms with Gasteiger partial charge in [0.2, 0.25) is 0 Å². The third-order valence-corrected chi connectivity index (χ3v) is 5.76. The van der Waals surface area contributed by atoms with E-state index in [4.69, 9.17) is 4.98 Å². The average Bonchev–Trinajstić information content (AvgIpc) is 3.21. The van der Waals surface area contributed by atoms with E-state index in [1.54, 1.807) is 12.5 Å². The van der Waals surface area contributed by atoms with Crippen LogP contribution in [0.4, 0.5) is 0 Å². The molecule has 7 heteroatoms. The highest BCUT2D eigenvalue weighted by Crippen LogP contribution is 2.40. The largest absolute Gasteiger partial charge is 0.351 e. The minimum atomic E-state index is -0.0153. The van der Waals surface area contributed by atoms with Gasteiger partial charge in [-0.25, -0.2) is 15.0 Å². The molecule has 6 nitrogen and oxygen atoms in total. The van der Waals surface area contributed by atoms with Crippen LogP contribution in [-0.4, -0.2) is 32.0 Å². The van der Waals surface area contributed by atoms with E-state index in [1.807, 2.05) is 24.6 Å². The van der Waals surface area contributed by atoms with Crippen molar-refractivity contribution in [1.82, 2.24) is 24.8 Å². The first-order valence-electron chi connectivity index (χ1n) is 8.65. The lowest BCUT2D eigenvalue weighted by Crippen LogP contribution is -2.24. The molecule has 1 aliphatic rings. The van der Waals surface area contributed by atoms with Gasteiger partial charge in [-0.2, -0.15) is 0 Å². The molecule has 25 heavy (non-hydrogen) atoms. The van der Waals surface area contributed by atoms with E-state index >= 15 is 0 Å². The van der Waals surface area contributed by atoms with Gasteiger partial charge in [0.15, 0.2) is 0 Å². The number of nitrogens with one attached hydrogen (secondary N) is 1. The maximum Gasteiger partial charge on any atom is 0.261 e. The van der Waals surface area contributed by atoms with Crippen LogP contribution in [0.1, 0.15) is 51.9 Å². The maximum atomic E-state index is 12.6. The van der Waals surface area contributed by atoms with Crippen molar-refractivity contribution in [2.24, 2.45) is 0 Å². The van der Waals surface area contributed by atoms with Gasteiger partial charge < -0.3 is 9.88 Å². The first kappa shape index (κ1) is 16.2. The number of carbonyl (C=O) groups is 1. The molecule has 1 saturated carbocycles. The Labute approximate surface area is 150 Å².